The average Bonchev–Trinajstić information content (AvgIpc) is 1.98. The molecule has 0 amide bonds. The molecule has 0 heterocycles. The second kappa shape index (κ2) is 5.86. The molecule has 0 radical (unpaired) electrons. The smallest absolute Gasteiger partial charge is 0.124 e. The van der Waals surface area contributed by atoms with Crippen molar-refractivity contribution in [2.75, 3.05) is 0 Å². The van der Waals surface area contributed by atoms with E-state index < -0.39 is 0 Å². The molecule has 0 saturated carbocycles. The van der Waals surface area contributed by atoms with Gasteiger partial charge in [-0.3, -0.25) is 0 Å². The zero-order valence-electron chi connectivity index (χ0n) is 8.93. The number of hydrogen-bond acceptors (Lipinski definition) is 0. The Morgan fingerprint density at radius 1 is 1.33 bits per heavy atom. The van der Waals surface area contributed by atoms with Crippen LogP contribution < -0.4 is 0 Å². The quantitative estimate of drug-likeness (QED) is 0.701. The second-order valence-corrected chi connectivity index (χ2v) is 5.76. The van der Waals surface area contributed by atoms with Crippen LogP contribution in [-0.4, -0.2) is 5.38 Å². The number of hydrogen-bond donors (Lipinski definition) is 0. The molecule has 0 nitrogen and oxygen atoms in total. The van der Waals surface area contributed by atoms with Gasteiger partial charge in [0.1, 0.15) is 5.82 Å². The van der Waals surface area contributed by atoms with Crippen molar-refractivity contribution in [3.05, 3.63) is 34.1 Å². The van der Waals surface area contributed by atoms with Gasteiger partial charge in [-0.2, -0.15) is 0 Å². The first-order valence-corrected chi connectivity index (χ1v) is 6.29. The zero-order chi connectivity index (χ0) is 11.4. The summed E-state index contributed by atoms with van der Waals surface area (Å²) in [5.41, 5.74) is 1.02. The van der Waals surface area contributed by atoms with Crippen molar-refractivity contribution >= 4 is 27.5 Å². The van der Waals surface area contributed by atoms with Crippen LogP contribution in [0.1, 0.15) is 25.8 Å². The summed E-state index contributed by atoms with van der Waals surface area (Å²) < 4.78 is 13.9. The van der Waals surface area contributed by atoms with Crippen LogP contribution >= 0.6 is 27.5 Å². The predicted molar refractivity (Wildman–Crippen MR) is 66.9 cm³/mol. The minimum atomic E-state index is -0.189. The molecule has 15 heavy (non-hydrogen) atoms. The normalized spacial score (nSPS) is 15.0. The van der Waals surface area contributed by atoms with Crippen molar-refractivity contribution in [2.45, 2.75) is 32.1 Å². The Balaban J connectivity index is 2.63. The van der Waals surface area contributed by atoms with Crippen LogP contribution in [0.2, 0.25) is 0 Å². The summed E-state index contributed by atoms with van der Waals surface area (Å²) in [6.45, 7) is 4.12. The van der Waals surface area contributed by atoms with Gasteiger partial charge in [0, 0.05) is 9.85 Å². The molecule has 1 rings (SSSR count). The lowest BCUT2D eigenvalue weighted by atomic mass is 9.97. The van der Waals surface area contributed by atoms with E-state index in [4.69, 9.17) is 11.6 Å². The monoisotopic (exact) mass is 292 g/mol. The first kappa shape index (κ1) is 13.0. The average molecular weight is 294 g/mol. The summed E-state index contributed by atoms with van der Waals surface area (Å²) in [5.74, 6) is 0.289. The second-order valence-electron chi connectivity index (χ2n) is 4.10. The SMILES string of the molecule is CC(Cl)CC(C)Cc1cc(F)cc(Br)c1. The van der Waals surface area contributed by atoms with Gasteiger partial charge in [0.2, 0.25) is 0 Å². The summed E-state index contributed by atoms with van der Waals surface area (Å²) in [5, 5.41) is 0.178. The van der Waals surface area contributed by atoms with Crippen LogP contribution in [0.4, 0.5) is 4.39 Å². The van der Waals surface area contributed by atoms with E-state index in [0.717, 1.165) is 22.9 Å². The zero-order valence-corrected chi connectivity index (χ0v) is 11.3. The highest BCUT2D eigenvalue weighted by Gasteiger charge is 2.08. The molecule has 0 aromatic heterocycles. The molecule has 84 valence electrons. The number of halogens is 3. The van der Waals surface area contributed by atoms with Gasteiger partial charge in [-0.25, -0.2) is 4.39 Å². The molecular weight excluding hydrogens is 278 g/mol. The molecule has 0 aliphatic heterocycles. The van der Waals surface area contributed by atoms with E-state index in [1.54, 1.807) is 6.07 Å². The van der Waals surface area contributed by atoms with Gasteiger partial charge in [-0.05, 0) is 49.4 Å². The molecule has 0 N–H and O–H groups in total. The Labute approximate surface area is 104 Å². The molecule has 0 bridgehead atoms. The third-order valence-corrected chi connectivity index (χ3v) is 2.87. The van der Waals surface area contributed by atoms with Crippen LogP contribution in [0.15, 0.2) is 22.7 Å². The van der Waals surface area contributed by atoms with E-state index in [2.05, 4.69) is 22.9 Å². The van der Waals surface area contributed by atoms with E-state index in [0.29, 0.717) is 5.92 Å². The Morgan fingerprint density at radius 3 is 2.53 bits per heavy atom. The third kappa shape index (κ3) is 4.98. The minimum Gasteiger partial charge on any atom is -0.207 e. The lowest BCUT2D eigenvalue weighted by molar-refractivity contribution is 0.524. The van der Waals surface area contributed by atoms with Gasteiger partial charge in [0.15, 0.2) is 0 Å². The molecule has 0 aliphatic carbocycles. The maximum Gasteiger partial charge on any atom is 0.124 e. The molecule has 0 saturated heterocycles. The van der Waals surface area contributed by atoms with Gasteiger partial charge in [0.25, 0.3) is 0 Å². The molecule has 0 spiro atoms. The van der Waals surface area contributed by atoms with Crippen molar-refractivity contribution < 1.29 is 4.39 Å². The van der Waals surface area contributed by atoms with E-state index in [1.807, 2.05) is 13.0 Å². The lowest BCUT2D eigenvalue weighted by Gasteiger charge is -2.13. The molecule has 3 heteroatoms. The summed E-state index contributed by atoms with van der Waals surface area (Å²) in [6, 6.07) is 5.01. The van der Waals surface area contributed by atoms with Crippen molar-refractivity contribution in [1.29, 1.82) is 0 Å². The maximum absolute atomic E-state index is 13.1. The molecule has 1 aromatic carbocycles. The molecule has 2 atom stereocenters. The Bertz CT molecular complexity index is 305. The minimum absolute atomic E-state index is 0.178. The Kier molecular flexibility index (Phi) is 5.07. The summed E-state index contributed by atoms with van der Waals surface area (Å²) in [6.07, 6.45) is 1.82. The predicted octanol–water partition coefficient (Wildman–Crippen LogP) is 4.78. The summed E-state index contributed by atoms with van der Waals surface area (Å²) >= 11 is 9.21. The van der Waals surface area contributed by atoms with Gasteiger partial charge < -0.3 is 0 Å². The molecule has 2 unspecified atom stereocenters. The first-order chi connectivity index (χ1) is 6.97. The van der Waals surface area contributed by atoms with Gasteiger partial charge in [0.05, 0.1) is 0 Å². The highest BCUT2D eigenvalue weighted by Crippen LogP contribution is 2.20. The van der Waals surface area contributed by atoms with Crippen LogP contribution in [0.3, 0.4) is 0 Å². The highest BCUT2D eigenvalue weighted by atomic mass is 79.9. The number of alkyl halides is 1. The van der Waals surface area contributed by atoms with Crippen LogP contribution in [0, 0.1) is 11.7 Å². The molecular formula is C12H15BrClF. The van der Waals surface area contributed by atoms with Gasteiger partial charge >= 0.3 is 0 Å². The topological polar surface area (TPSA) is 0 Å². The lowest BCUT2D eigenvalue weighted by Crippen LogP contribution is -2.05. The largest absolute Gasteiger partial charge is 0.207 e. The Hall–Kier alpha value is -0.0800. The van der Waals surface area contributed by atoms with E-state index >= 15 is 0 Å². The van der Waals surface area contributed by atoms with Crippen LogP contribution in [-0.2, 0) is 6.42 Å². The summed E-state index contributed by atoms with van der Waals surface area (Å²) in [7, 11) is 0. The standard InChI is InChI=1S/C12H15BrClF/c1-8(3-9(2)14)4-10-5-11(13)7-12(15)6-10/h5-9H,3-4H2,1-2H3. The van der Waals surface area contributed by atoms with Gasteiger partial charge in [-0.15, -0.1) is 11.6 Å². The van der Waals surface area contributed by atoms with E-state index in [9.17, 15) is 4.39 Å². The van der Waals surface area contributed by atoms with Crippen molar-refractivity contribution in [1.82, 2.24) is 0 Å². The maximum atomic E-state index is 13.1. The highest BCUT2D eigenvalue weighted by molar-refractivity contribution is 9.10. The van der Waals surface area contributed by atoms with Crippen molar-refractivity contribution in [2.24, 2.45) is 5.92 Å². The fraction of sp³-hybridized carbons (Fsp3) is 0.500. The van der Waals surface area contributed by atoms with Crippen molar-refractivity contribution in [3.8, 4) is 0 Å². The fourth-order valence-electron chi connectivity index (χ4n) is 1.77. The number of rotatable bonds is 4. The first-order valence-electron chi connectivity index (χ1n) is 5.06. The fourth-order valence-corrected chi connectivity index (χ4v) is 2.59. The van der Waals surface area contributed by atoms with Crippen molar-refractivity contribution in [3.63, 3.8) is 0 Å². The molecule has 0 aliphatic rings. The third-order valence-electron chi connectivity index (χ3n) is 2.23. The molecule has 1 aromatic rings. The van der Waals surface area contributed by atoms with Crippen LogP contribution in [0.25, 0.3) is 0 Å². The van der Waals surface area contributed by atoms with E-state index in [1.165, 1.54) is 6.07 Å². The van der Waals surface area contributed by atoms with Crippen LogP contribution in [0.5, 0.6) is 0 Å². The summed E-state index contributed by atoms with van der Waals surface area (Å²) in [4.78, 5) is 0. The Morgan fingerprint density at radius 2 is 2.00 bits per heavy atom. The number of benzene rings is 1. The van der Waals surface area contributed by atoms with Gasteiger partial charge in [-0.1, -0.05) is 22.9 Å². The molecule has 0 fully saturated rings. The van der Waals surface area contributed by atoms with E-state index in [-0.39, 0.29) is 11.2 Å².